The predicted octanol–water partition coefficient (Wildman–Crippen LogP) is 6.46. The van der Waals surface area contributed by atoms with Gasteiger partial charge in [0.15, 0.2) is 34.5 Å². The summed E-state index contributed by atoms with van der Waals surface area (Å²) < 4.78 is 35.7. The molecule has 10 heteroatoms. The number of hydrogen-bond acceptors (Lipinski definition) is 10. The molecule has 0 fully saturated rings. The van der Waals surface area contributed by atoms with Crippen molar-refractivity contribution >= 4 is 0 Å². The van der Waals surface area contributed by atoms with Crippen LogP contribution in [0.3, 0.4) is 0 Å². The van der Waals surface area contributed by atoms with Gasteiger partial charge in [-0.05, 0) is 97.9 Å². The van der Waals surface area contributed by atoms with Crippen LogP contribution >= 0.6 is 0 Å². The van der Waals surface area contributed by atoms with E-state index >= 15 is 0 Å². The van der Waals surface area contributed by atoms with Gasteiger partial charge < -0.3 is 38.6 Å². The number of ether oxygens (including phenoxy) is 6. The van der Waals surface area contributed by atoms with Crippen LogP contribution in [0.5, 0.6) is 51.7 Å². The maximum absolute atomic E-state index is 11.3. The minimum absolute atomic E-state index is 0.0179. The molecule has 0 saturated carbocycles. The molecule has 0 saturated heterocycles. The highest BCUT2D eigenvalue weighted by molar-refractivity contribution is 5.89. The number of methoxy groups -OCH3 is 5. The summed E-state index contributed by atoms with van der Waals surface area (Å²) in [6.07, 6.45) is 3.00. The second kappa shape index (κ2) is 12.9. The van der Waals surface area contributed by atoms with Gasteiger partial charge in [-0.1, -0.05) is 12.1 Å². The molecule has 2 aliphatic heterocycles. The molecular weight excluding hydrogens is 624 g/mol. The second-order valence-corrected chi connectivity index (χ2v) is 13.0. The van der Waals surface area contributed by atoms with Gasteiger partial charge in [0, 0.05) is 41.9 Å². The lowest BCUT2D eigenvalue weighted by Gasteiger charge is -2.41. The third-order valence-electron chi connectivity index (χ3n) is 10.6. The number of rotatable bonds is 9. The summed E-state index contributed by atoms with van der Waals surface area (Å²) >= 11 is 0. The number of benzene rings is 4. The molecule has 0 aromatic heterocycles. The number of fused-ring (bicyclic) bond motifs is 3. The van der Waals surface area contributed by atoms with E-state index in [2.05, 4.69) is 36.0 Å². The Morgan fingerprint density at radius 1 is 0.714 bits per heavy atom. The first-order valence-corrected chi connectivity index (χ1v) is 16.6. The van der Waals surface area contributed by atoms with Crippen molar-refractivity contribution in [3.63, 3.8) is 0 Å². The predicted molar refractivity (Wildman–Crippen MR) is 186 cm³/mol. The van der Waals surface area contributed by atoms with E-state index in [0.717, 1.165) is 64.9 Å². The summed E-state index contributed by atoms with van der Waals surface area (Å²) in [5.74, 6) is 3.88. The molecule has 2 atom stereocenters. The largest absolute Gasteiger partial charge is 0.504 e. The SMILES string of the molecule is COc1cc2c(cc1O)CCN(C)[C@H]2Cc1ccc(Oc2c3c(cc(OC)c2OC)-c2c(OC)c(OC)c(O)c4c2[C@H](C3)N(C)CC4)cc1. The Morgan fingerprint density at radius 3 is 2.08 bits per heavy atom. The normalized spacial score (nSPS) is 18.2. The number of nitrogens with zero attached hydrogens (tertiary/aromatic N) is 2. The van der Waals surface area contributed by atoms with Crippen LogP contribution in [-0.2, 0) is 25.7 Å². The van der Waals surface area contributed by atoms with Gasteiger partial charge in [-0.3, -0.25) is 9.80 Å². The first-order valence-electron chi connectivity index (χ1n) is 16.6. The Kier molecular flexibility index (Phi) is 8.62. The minimum Gasteiger partial charge on any atom is -0.504 e. The van der Waals surface area contributed by atoms with E-state index < -0.39 is 0 Å². The monoisotopic (exact) mass is 668 g/mol. The highest BCUT2D eigenvalue weighted by Crippen LogP contribution is 2.60. The average Bonchev–Trinajstić information content (AvgIpc) is 3.11. The van der Waals surface area contributed by atoms with Crippen molar-refractivity contribution in [1.29, 1.82) is 0 Å². The molecule has 7 rings (SSSR count). The molecule has 3 aliphatic rings. The van der Waals surface area contributed by atoms with Crippen LogP contribution in [0.4, 0.5) is 0 Å². The summed E-state index contributed by atoms with van der Waals surface area (Å²) in [5, 5.41) is 21.7. The lowest BCUT2D eigenvalue weighted by molar-refractivity contribution is 0.221. The summed E-state index contributed by atoms with van der Waals surface area (Å²) in [6, 6.07) is 14.1. The van der Waals surface area contributed by atoms with E-state index in [1.54, 1.807) is 35.5 Å². The Bertz CT molecular complexity index is 1910. The molecule has 49 heavy (non-hydrogen) atoms. The van der Waals surface area contributed by atoms with Crippen LogP contribution in [-0.4, -0.2) is 82.7 Å². The molecule has 0 unspecified atom stereocenters. The summed E-state index contributed by atoms with van der Waals surface area (Å²) in [6.45, 7) is 1.69. The zero-order valence-electron chi connectivity index (χ0n) is 29.2. The van der Waals surface area contributed by atoms with Crippen LogP contribution in [0.25, 0.3) is 11.1 Å². The van der Waals surface area contributed by atoms with Crippen molar-refractivity contribution < 1.29 is 38.6 Å². The fraction of sp³-hybridized carbons (Fsp3) is 0.385. The summed E-state index contributed by atoms with van der Waals surface area (Å²) in [5.41, 5.74) is 8.13. The zero-order valence-corrected chi connectivity index (χ0v) is 29.2. The van der Waals surface area contributed by atoms with E-state index in [1.165, 1.54) is 5.56 Å². The number of hydrogen-bond donors (Lipinski definition) is 2. The first-order chi connectivity index (χ1) is 23.7. The number of phenols is 2. The van der Waals surface area contributed by atoms with Crippen LogP contribution in [0, 0.1) is 0 Å². The zero-order chi connectivity index (χ0) is 34.6. The van der Waals surface area contributed by atoms with E-state index in [4.69, 9.17) is 28.4 Å². The molecule has 1 aliphatic carbocycles. The number of phenolic OH excluding ortho intramolecular Hbond substituents is 2. The van der Waals surface area contributed by atoms with Crippen molar-refractivity contribution in [2.24, 2.45) is 0 Å². The van der Waals surface area contributed by atoms with Crippen molar-refractivity contribution in [2.75, 3.05) is 62.7 Å². The molecule has 258 valence electrons. The second-order valence-electron chi connectivity index (χ2n) is 13.0. The first kappa shape index (κ1) is 32.7. The van der Waals surface area contributed by atoms with Gasteiger partial charge in [-0.2, -0.15) is 0 Å². The van der Waals surface area contributed by atoms with Crippen molar-refractivity contribution in [3.05, 3.63) is 75.8 Å². The van der Waals surface area contributed by atoms with Crippen LogP contribution in [0.15, 0.2) is 42.5 Å². The fourth-order valence-corrected chi connectivity index (χ4v) is 7.99. The van der Waals surface area contributed by atoms with Gasteiger partial charge in [0.2, 0.25) is 11.5 Å². The third kappa shape index (κ3) is 5.34. The van der Waals surface area contributed by atoms with Gasteiger partial charge in [0.25, 0.3) is 0 Å². The van der Waals surface area contributed by atoms with E-state index in [-0.39, 0.29) is 23.6 Å². The molecule has 4 aromatic carbocycles. The van der Waals surface area contributed by atoms with Gasteiger partial charge in [0.05, 0.1) is 35.5 Å². The lowest BCUT2D eigenvalue weighted by Crippen LogP contribution is -2.36. The highest BCUT2D eigenvalue weighted by Gasteiger charge is 2.41. The Morgan fingerprint density at radius 2 is 1.41 bits per heavy atom. The van der Waals surface area contributed by atoms with Crippen molar-refractivity contribution in [1.82, 2.24) is 9.80 Å². The third-order valence-corrected chi connectivity index (χ3v) is 10.6. The average molecular weight is 669 g/mol. The molecule has 2 heterocycles. The molecular formula is C39H44N2O8. The molecule has 0 radical (unpaired) electrons. The molecule has 0 spiro atoms. The summed E-state index contributed by atoms with van der Waals surface area (Å²) in [4.78, 5) is 4.66. The van der Waals surface area contributed by atoms with E-state index in [1.807, 2.05) is 30.3 Å². The van der Waals surface area contributed by atoms with E-state index in [0.29, 0.717) is 53.1 Å². The Hall–Kier alpha value is -4.80. The molecule has 0 amide bonds. The van der Waals surface area contributed by atoms with Gasteiger partial charge in [-0.25, -0.2) is 0 Å². The highest BCUT2D eigenvalue weighted by atomic mass is 16.5. The Balaban J connectivity index is 1.28. The molecule has 0 bridgehead atoms. The topological polar surface area (TPSA) is 102 Å². The van der Waals surface area contributed by atoms with E-state index in [9.17, 15) is 10.2 Å². The smallest absolute Gasteiger partial charge is 0.204 e. The van der Waals surface area contributed by atoms with Gasteiger partial charge in [-0.15, -0.1) is 0 Å². The lowest BCUT2D eigenvalue weighted by atomic mass is 9.75. The van der Waals surface area contributed by atoms with Crippen molar-refractivity contribution in [2.45, 2.75) is 37.8 Å². The van der Waals surface area contributed by atoms with Crippen LogP contribution < -0.4 is 28.4 Å². The molecule has 10 nitrogen and oxygen atoms in total. The molecule has 4 aromatic rings. The maximum Gasteiger partial charge on any atom is 0.204 e. The van der Waals surface area contributed by atoms with Gasteiger partial charge in [0.1, 0.15) is 5.75 Å². The van der Waals surface area contributed by atoms with Crippen LogP contribution in [0.1, 0.15) is 45.5 Å². The quantitative estimate of drug-likeness (QED) is 0.207. The summed E-state index contributed by atoms with van der Waals surface area (Å²) in [7, 11) is 12.2. The van der Waals surface area contributed by atoms with Gasteiger partial charge >= 0.3 is 0 Å². The maximum atomic E-state index is 11.3. The Labute approximate surface area is 287 Å². The van der Waals surface area contributed by atoms with Crippen molar-refractivity contribution in [3.8, 4) is 62.9 Å². The number of aromatic hydroxyl groups is 2. The fourth-order valence-electron chi connectivity index (χ4n) is 7.99. The standard InChI is InChI=1S/C39H44N2O8/c1-40-14-12-22-17-30(42)31(44-3)19-25(22)28(40)16-21-8-10-23(11-9-21)49-36-27-18-29-33-24(13-15-41(29)2)35(43)39(48-7)38(47-6)34(33)26(27)20-32(45-4)37(36)46-5/h8-11,17,19-20,28-29,42-43H,12-16,18H2,1-7H3/t28-,29-/m0/s1. The minimum atomic E-state index is -0.0179. The number of likely N-dealkylation sites (N-methyl/N-ethyl adjacent to an activating group) is 2. The molecule has 2 N–H and O–H groups in total. The van der Waals surface area contributed by atoms with Crippen LogP contribution in [0.2, 0.25) is 0 Å².